The first kappa shape index (κ1) is 22.0. The van der Waals surface area contributed by atoms with Gasteiger partial charge in [-0.2, -0.15) is 13.2 Å². The molecule has 0 aromatic heterocycles. The van der Waals surface area contributed by atoms with Crippen molar-refractivity contribution in [2.45, 2.75) is 31.1 Å². The number of aryl methyl sites for hydroxylation is 1. The molecule has 1 amide bonds. The Morgan fingerprint density at radius 3 is 2.45 bits per heavy atom. The minimum Gasteiger partial charge on any atom is -0.374 e. The lowest BCUT2D eigenvalue weighted by Crippen LogP contribution is -2.33. The van der Waals surface area contributed by atoms with Gasteiger partial charge in [-0.3, -0.25) is 9.69 Å². The second kappa shape index (κ2) is 8.52. The monoisotopic (exact) mass is 560 g/mol. The van der Waals surface area contributed by atoms with Gasteiger partial charge in [0, 0.05) is 9.26 Å². The molecular weight excluding hydrogens is 540 g/mol. The van der Waals surface area contributed by atoms with Gasteiger partial charge in [-0.15, -0.1) is 0 Å². The summed E-state index contributed by atoms with van der Waals surface area (Å²) in [6, 6.07) is 20.4. The number of benzene rings is 3. The van der Waals surface area contributed by atoms with Crippen LogP contribution in [-0.2, 0) is 17.4 Å². The Labute approximate surface area is 203 Å². The standard InChI is InChI=1S/C26H20F3IN2O/c27-26(28,29)18-9-11-20(12-10-18)32-24(17-5-3-6-19(30)14-17)15-23(25(32)33)31-22-13-8-16-4-1-2-7-21(16)22/h1-7,9-12,14-15,22,24,31H,8,13H2/t22-,24+/m1/s1. The minimum absolute atomic E-state index is 0.0283. The Hall–Kier alpha value is -2.81. The molecule has 0 fully saturated rings. The molecule has 2 atom stereocenters. The number of nitrogens with one attached hydrogen (secondary N) is 1. The number of nitrogens with zero attached hydrogens (tertiary/aromatic N) is 1. The summed E-state index contributed by atoms with van der Waals surface area (Å²) in [4.78, 5) is 15.1. The lowest BCUT2D eigenvalue weighted by Gasteiger charge is -2.26. The number of rotatable bonds is 4. The molecule has 0 radical (unpaired) electrons. The first-order chi connectivity index (χ1) is 15.8. The molecule has 3 aromatic rings. The number of fused-ring (bicyclic) bond motifs is 1. The van der Waals surface area contributed by atoms with Crippen LogP contribution in [0.4, 0.5) is 18.9 Å². The molecule has 33 heavy (non-hydrogen) atoms. The summed E-state index contributed by atoms with van der Waals surface area (Å²) in [5.74, 6) is -0.247. The normalized spacial score (nSPS) is 20.1. The van der Waals surface area contributed by atoms with Crippen LogP contribution in [0.1, 0.15) is 40.8 Å². The third-order valence-electron chi connectivity index (χ3n) is 6.18. The molecule has 1 aliphatic carbocycles. The summed E-state index contributed by atoms with van der Waals surface area (Å²) < 4.78 is 40.2. The second-order valence-electron chi connectivity index (χ2n) is 8.23. The highest BCUT2D eigenvalue weighted by Crippen LogP contribution is 2.39. The van der Waals surface area contributed by atoms with Crippen LogP contribution in [0, 0.1) is 3.57 Å². The van der Waals surface area contributed by atoms with Crippen molar-refractivity contribution >= 4 is 34.2 Å². The number of alkyl halides is 3. The number of anilines is 1. The summed E-state index contributed by atoms with van der Waals surface area (Å²) in [6.45, 7) is 0. The minimum atomic E-state index is -4.43. The predicted octanol–water partition coefficient (Wildman–Crippen LogP) is 6.56. The van der Waals surface area contributed by atoms with E-state index in [0.717, 1.165) is 34.1 Å². The van der Waals surface area contributed by atoms with Crippen LogP contribution in [-0.4, -0.2) is 5.91 Å². The van der Waals surface area contributed by atoms with Crippen molar-refractivity contribution in [2.24, 2.45) is 0 Å². The topological polar surface area (TPSA) is 32.3 Å². The molecule has 0 saturated heterocycles. The van der Waals surface area contributed by atoms with Crippen molar-refractivity contribution in [3.8, 4) is 0 Å². The molecule has 0 spiro atoms. The molecule has 3 nitrogen and oxygen atoms in total. The average Bonchev–Trinajstić information content (AvgIpc) is 3.35. The van der Waals surface area contributed by atoms with Crippen LogP contribution in [0.25, 0.3) is 0 Å². The third-order valence-corrected chi connectivity index (χ3v) is 6.85. The fraction of sp³-hybridized carbons (Fsp3) is 0.192. The fourth-order valence-corrected chi connectivity index (χ4v) is 5.16. The van der Waals surface area contributed by atoms with Gasteiger partial charge in [0.2, 0.25) is 0 Å². The number of hydrogen-bond acceptors (Lipinski definition) is 2. The zero-order valence-corrected chi connectivity index (χ0v) is 19.6. The molecule has 3 aromatic carbocycles. The van der Waals surface area contributed by atoms with Gasteiger partial charge in [0.25, 0.3) is 5.91 Å². The Balaban J connectivity index is 1.50. The molecule has 5 rings (SSSR count). The molecule has 0 bridgehead atoms. The summed E-state index contributed by atoms with van der Waals surface area (Å²) in [6.07, 6.45) is -0.716. The van der Waals surface area contributed by atoms with Crippen molar-refractivity contribution in [1.29, 1.82) is 0 Å². The highest BCUT2D eigenvalue weighted by atomic mass is 127. The van der Waals surface area contributed by atoms with Gasteiger partial charge in [-0.25, -0.2) is 0 Å². The Kier molecular flexibility index (Phi) is 5.68. The van der Waals surface area contributed by atoms with Crippen molar-refractivity contribution in [2.75, 3.05) is 4.90 Å². The van der Waals surface area contributed by atoms with E-state index >= 15 is 0 Å². The van der Waals surface area contributed by atoms with Crippen LogP contribution >= 0.6 is 22.6 Å². The van der Waals surface area contributed by atoms with Gasteiger partial charge in [0.15, 0.2) is 0 Å². The van der Waals surface area contributed by atoms with Crippen LogP contribution in [0.15, 0.2) is 84.6 Å². The summed E-state index contributed by atoms with van der Waals surface area (Å²) in [5.41, 5.74) is 3.52. The van der Waals surface area contributed by atoms with Crippen LogP contribution in [0.3, 0.4) is 0 Å². The molecule has 168 valence electrons. The first-order valence-corrected chi connectivity index (χ1v) is 11.7. The maximum atomic E-state index is 13.5. The highest BCUT2D eigenvalue weighted by Gasteiger charge is 2.37. The van der Waals surface area contributed by atoms with E-state index in [9.17, 15) is 18.0 Å². The SMILES string of the molecule is O=C1C(N[C@@H]2CCc3ccccc32)=C[C@@H](c2cccc(I)c2)N1c1ccc(C(F)(F)F)cc1. The molecule has 7 heteroatoms. The van der Waals surface area contributed by atoms with Gasteiger partial charge in [0.05, 0.1) is 23.3 Å². The summed E-state index contributed by atoms with van der Waals surface area (Å²) >= 11 is 2.21. The van der Waals surface area contributed by atoms with Crippen LogP contribution in [0.2, 0.25) is 0 Å². The quantitative estimate of drug-likeness (QED) is 0.367. The van der Waals surface area contributed by atoms with Crippen molar-refractivity contribution in [3.63, 3.8) is 0 Å². The maximum Gasteiger partial charge on any atom is 0.416 e. The third kappa shape index (κ3) is 4.26. The molecule has 1 N–H and O–H groups in total. The first-order valence-electron chi connectivity index (χ1n) is 10.6. The van der Waals surface area contributed by atoms with Crippen molar-refractivity contribution in [1.82, 2.24) is 5.32 Å². The van der Waals surface area contributed by atoms with E-state index in [4.69, 9.17) is 0 Å². The van der Waals surface area contributed by atoms with Gasteiger partial charge in [-0.05, 0) is 94.6 Å². The molecule has 1 heterocycles. The van der Waals surface area contributed by atoms with E-state index in [-0.39, 0.29) is 11.9 Å². The largest absolute Gasteiger partial charge is 0.416 e. The number of halogens is 4. The van der Waals surface area contributed by atoms with Crippen LogP contribution < -0.4 is 10.2 Å². The maximum absolute atomic E-state index is 13.5. The van der Waals surface area contributed by atoms with E-state index in [1.54, 1.807) is 4.90 Å². The van der Waals surface area contributed by atoms with E-state index in [1.807, 2.05) is 42.5 Å². The molecule has 0 saturated carbocycles. The summed E-state index contributed by atoms with van der Waals surface area (Å²) in [7, 11) is 0. The number of carbonyl (C=O) groups is 1. The Morgan fingerprint density at radius 2 is 1.73 bits per heavy atom. The second-order valence-corrected chi connectivity index (χ2v) is 9.48. The van der Waals surface area contributed by atoms with Gasteiger partial charge >= 0.3 is 6.18 Å². The zero-order chi connectivity index (χ0) is 23.2. The number of carbonyl (C=O) groups excluding carboxylic acids is 1. The van der Waals surface area contributed by atoms with Gasteiger partial charge in [-0.1, -0.05) is 36.4 Å². The zero-order valence-electron chi connectivity index (χ0n) is 17.4. The average molecular weight is 560 g/mol. The number of hydrogen-bond donors (Lipinski definition) is 1. The smallest absolute Gasteiger partial charge is 0.374 e. The van der Waals surface area contributed by atoms with Crippen molar-refractivity contribution in [3.05, 3.63) is 110 Å². The van der Waals surface area contributed by atoms with E-state index in [0.29, 0.717) is 11.4 Å². The fourth-order valence-electron chi connectivity index (χ4n) is 4.59. The highest BCUT2D eigenvalue weighted by molar-refractivity contribution is 14.1. The lowest BCUT2D eigenvalue weighted by atomic mass is 10.1. The molecule has 2 aliphatic rings. The summed E-state index contributed by atoms with van der Waals surface area (Å²) in [5, 5.41) is 3.42. The Morgan fingerprint density at radius 1 is 0.970 bits per heavy atom. The van der Waals surface area contributed by atoms with E-state index in [1.165, 1.54) is 23.3 Å². The van der Waals surface area contributed by atoms with Gasteiger partial charge < -0.3 is 5.32 Å². The lowest BCUT2D eigenvalue weighted by molar-refractivity contribution is -0.137. The van der Waals surface area contributed by atoms with Gasteiger partial charge in [0.1, 0.15) is 0 Å². The molecular formula is C26H20F3IN2O. The van der Waals surface area contributed by atoms with Crippen molar-refractivity contribution < 1.29 is 18.0 Å². The number of amides is 1. The molecule has 0 unspecified atom stereocenters. The Bertz CT molecular complexity index is 1240. The predicted molar refractivity (Wildman–Crippen MR) is 130 cm³/mol. The van der Waals surface area contributed by atoms with Crippen LogP contribution in [0.5, 0.6) is 0 Å². The van der Waals surface area contributed by atoms with E-state index in [2.05, 4.69) is 40.0 Å². The van der Waals surface area contributed by atoms with E-state index < -0.39 is 17.8 Å². The molecule has 1 aliphatic heterocycles.